The van der Waals surface area contributed by atoms with Gasteiger partial charge in [-0.1, -0.05) is 188 Å². The summed E-state index contributed by atoms with van der Waals surface area (Å²) in [6.45, 7) is 0. The normalized spacial score (nSPS) is 15.1. The van der Waals surface area contributed by atoms with Gasteiger partial charge in [0.05, 0.1) is 30.9 Å². The van der Waals surface area contributed by atoms with Gasteiger partial charge in [0, 0.05) is 26.8 Å². The fourth-order valence-corrected chi connectivity index (χ4v) is 8.95. The third-order valence-electron chi connectivity index (χ3n) is 10.3. The maximum atomic E-state index is 9.81. The largest absolute Gasteiger partial charge is 0.309 e. The molecule has 11 rings (SSSR count). The molecule has 58 heavy (non-hydrogen) atoms. The molecule has 2 heteroatoms. The second-order valence-corrected chi connectivity index (χ2v) is 14.7. The highest BCUT2D eigenvalue weighted by Gasteiger charge is 2.20. The summed E-state index contributed by atoms with van der Waals surface area (Å²) < 4.78 is 138. The highest BCUT2D eigenvalue weighted by Crippen LogP contribution is 2.47. The van der Waals surface area contributed by atoms with E-state index in [9.17, 15) is 9.60 Å². The number of thiophene rings is 1. The first-order valence-electron chi connectivity index (χ1n) is 26.1. The van der Waals surface area contributed by atoms with Crippen molar-refractivity contribution in [1.29, 1.82) is 0 Å². The Kier molecular flexibility index (Phi) is 5.41. The van der Waals surface area contributed by atoms with Crippen LogP contribution in [0.1, 0.15) is 20.6 Å². The van der Waals surface area contributed by atoms with Crippen molar-refractivity contribution >= 4 is 70.1 Å². The van der Waals surface area contributed by atoms with Gasteiger partial charge < -0.3 is 4.90 Å². The molecule has 11 aromatic rings. The smallest absolute Gasteiger partial charge is 0.0645 e. The Balaban J connectivity index is 1.16. The minimum atomic E-state index is -0.797. The van der Waals surface area contributed by atoms with E-state index in [0.717, 1.165) is 53.2 Å². The lowest BCUT2D eigenvalue weighted by Crippen LogP contribution is -2.10. The zero-order valence-corrected chi connectivity index (χ0v) is 31.4. The average Bonchev–Trinajstić information content (AvgIpc) is 3.81. The Hall–Kier alpha value is -7.26. The van der Waals surface area contributed by atoms with Crippen LogP contribution in [0.5, 0.6) is 0 Å². The fraction of sp³-hybridized carbons (Fsp3) is 0. The first-order valence-corrected chi connectivity index (χ1v) is 19.4. The van der Waals surface area contributed by atoms with Crippen molar-refractivity contribution in [3.8, 4) is 44.5 Å². The van der Waals surface area contributed by atoms with E-state index >= 15 is 0 Å². The molecule has 0 amide bonds. The maximum Gasteiger partial charge on any atom is 0.0645 e. The number of rotatable bonds is 7. The monoisotopic (exact) mass is 770 g/mol. The van der Waals surface area contributed by atoms with Crippen LogP contribution < -0.4 is 4.90 Å². The van der Waals surface area contributed by atoms with E-state index in [1.54, 1.807) is 16.2 Å². The lowest BCUT2D eigenvalue weighted by molar-refractivity contribution is 1.30. The molecule has 0 fully saturated rings. The zero-order chi connectivity index (χ0) is 51.5. The number of fused-ring (bicyclic) bond motifs is 6. The highest BCUT2D eigenvalue weighted by atomic mass is 32.1. The summed E-state index contributed by atoms with van der Waals surface area (Å²) >= 11 is 1.54. The van der Waals surface area contributed by atoms with Crippen molar-refractivity contribution in [1.82, 2.24) is 0 Å². The summed E-state index contributed by atoms with van der Waals surface area (Å²) in [5, 5.41) is 3.02. The van der Waals surface area contributed by atoms with E-state index in [4.69, 9.17) is 11.0 Å². The molecular formula is C56H37NS. The van der Waals surface area contributed by atoms with Gasteiger partial charge in [-0.25, -0.2) is 0 Å². The molecule has 1 aromatic heterocycles. The molecule has 0 aliphatic heterocycles. The molecule has 0 N–H and O–H groups in total. The van der Waals surface area contributed by atoms with Crippen molar-refractivity contribution < 1.29 is 20.6 Å². The third-order valence-corrected chi connectivity index (χ3v) is 11.6. The van der Waals surface area contributed by atoms with Crippen LogP contribution in [0.25, 0.3) is 86.2 Å². The molecule has 0 radical (unpaired) electrons. The van der Waals surface area contributed by atoms with E-state index in [0.29, 0.717) is 11.4 Å². The molecule has 0 saturated carbocycles. The second-order valence-electron chi connectivity index (χ2n) is 13.7. The third kappa shape index (κ3) is 5.94. The highest BCUT2D eigenvalue weighted by molar-refractivity contribution is 7.27. The molecule has 10 aromatic carbocycles. The van der Waals surface area contributed by atoms with Crippen LogP contribution in [0.15, 0.2) is 224 Å². The SMILES string of the molecule is [2H]c1c([2H])c([2H])c(-c2c([2H])c([2H])c([2H])c3c([2H])c(-c4c([2H])c([2H])c(N(c5ccc(-c6ccccc6-c6ccccc6)cc5)c5cccc6c5sc5c7ccccc7ccc65)c([2H])c4[2H])c([2H])c([2H])c23)c([2H])c1[2H]. The van der Waals surface area contributed by atoms with Crippen LogP contribution in [-0.4, -0.2) is 0 Å². The molecule has 0 aliphatic carbocycles. The summed E-state index contributed by atoms with van der Waals surface area (Å²) in [4.78, 5) is 1.69. The molecule has 272 valence electrons. The van der Waals surface area contributed by atoms with Crippen LogP contribution in [0.4, 0.5) is 17.1 Å². The molecule has 0 saturated heterocycles. The summed E-state index contributed by atoms with van der Waals surface area (Å²) in [6.07, 6.45) is 0. The van der Waals surface area contributed by atoms with E-state index in [-0.39, 0.29) is 5.69 Å². The number of benzene rings is 10. The van der Waals surface area contributed by atoms with E-state index in [1.807, 2.05) is 109 Å². The van der Waals surface area contributed by atoms with Gasteiger partial charge in [0.1, 0.15) is 0 Å². The van der Waals surface area contributed by atoms with Crippen molar-refractivity contribution in [3.05, 3.63) is 224 Å². The minimum Gasteiger partial charge on any atom is -0.309 e. The Morgan fingerprint density at radius 3 is 1.84 bits per heavy atom. The van der Waals surface area contributed by atoms with Gasteiger partial charge in [0.2, 0.25) is 0 Å². The van der Waals surface area contributed by atoms with Gasteiger partial charge in [-0.2, -0.15) is 0 Å². The van der Waals surface area contributed by atoms with Gasteiger partial charge in [-0.3, -0.25) is 0 Å². The topological polar surface area (TPSA) is 3.24 Å². The van der Waals surface area contributed by atoms with Crippen LogP contribution in [0.3, 0.4) is 0 Å². The predicted molar refractivity (Wildman–Crippen MR) is 251 cm³/mol. The summed E-state index contributed by atoms with van der Waals surface area (Å²) in [7, 11) is 0. The maximum absolute atomic E-state index is 9.81. The number of nitrogens with zero attached hydrogens (tertiary/aromatic N) is 1. The summed E-state index contributed by atoms with van der Waals surface area (Å²) in [5.74, 6) is 0. The fourth-order valence-electron chi connectivity index (χ4n) is 7.61. The van der Waals surface area contributed by atoms with Crippen molar-refractivity contribution in [2.75, 3.05) is 4.90 Å². The standard InChI is InChI=1S/C56H37NS/c1-3-13-39(14-4-1)47-19-9-10-20-48(47)42-27-33-46(34-28-42)57(54-24-12-23-52-53-36-29-41-17-7-8-21-51(41)55(53)58-56(52)54)45-31-25-38(26-32-45)43-30-35-50-44(37-43)18-11-22-49(50)40-15-5-2-6-16-40/h1-37H/i2D,5D,6D,11D,15D,16D,18D,22D,25D,26D,30D,31D,32D,35D,37D. The van der Waals surface area contributed by atoms with Gasteiger partial charge in [0.25, 0.3) is 0 Å². The second kappa shape index (κ2) is 14.4. The van der Waals surface area contributed by atoms with Crippen molar-refractivity contribution in [2.45, 2.75) is 0 Å². The van der Waals surface area contributed by atoms with Crippen LogP contribution in [0.2, 0.25) is 0 Å². The van der Waals surface area contributed by atoms with Crippen LogP contribution >= 0.6 is 11.3 Å². The van der Waals surface area contributed by atoms with Crippen molar-refractivity contribution in [2.24, 2.45) is 0 Å². The van der Waals surface area contributed by atoms with Gasteiger partial charge in [-0.15, -0.1) is 11.3 Å². The minimum absolute atomic E-state index is 0.145. The number of hydrogen-bond acceptors (Lipinski definition) is 2. The molecule has 1 nitrogen and oxygen atoms in total. The predicted octanol–water partition coefficient (Wildman–Crippen LogP) is 16.5. The quantitative estimate of drug-likeness (QED) is 0.156. The molecule has 0 aliphatic rings. The van der Waals surface area contributed by atoms with Gasteiger partial charge >= 0.3 is 0 Å². The lowest BCUT2D eigenvalue weighted by Gasteiger charge is -2.26. The first kappa shape index (κ1) is 21.9. The zero-order valence-electron chi connectivity index (χ0n) is 45.6. The average molecular weight is 771 g/mol. The van der Waals surface area contributed by atoms with Gasteiger partial charge in [0.15, 0.2) is 0 Å². The molecule has 0 bridgehead atoms. The Labute approximate surface area is 363 Å². The number of anilines is 3. The molecule has 1 heterocycles. The Morgan fingerprint density at radius 2 is 1.03 bits per heavy atom. The van der Waals surface area contributed by atoms with Crippen LogP contribution in [0, 0.1) is 0 Å². The van der Waals surface area contributed by atoms with Gasteiger partial charge in [-0.05, 0) is 102 Å². The van der Waals surface area contributed by atoms with E-state index in [1.165, 1.54) is 0 Å². The summed E-state index contributed by atoms with van der Waals surface area (Å²) in [5.41, 5.74) is 2.66. The van der Waals surface area contributed by atoms with E-state index in [2.05, 4.69) is 24.3 Å². The number of hydrogen-bond donors (Lipinski definition) is 0. The lowest BCUT2D eigenvalue weighted by atomic mass is 9.94. The van der Waals surface area contributed by atoms with Crippen LogP contribution in [-0.2, 0) is 0 Å². The Bertz CT molecular complexity index is 4100. The molecule has 0 unspecified atom stereocenters. The first-order chi connectivity index (χ1) is 35.0. The molecule has 0 spiro atoms. The Morgan fingerprint density at radius 1 is 0.345 bits per heavy atom. The van der Waals surface area contributed by atoms with E-state index < -0.39 is 124 Å². The van der Waals surface area contributed by atoms with Crippen molar-refractivity contribution in [3.63, 3.8) is 0 Å². The summed E-state index contributed by atoms with van der Waals surface area (Å²) in [6, 6.07) is 32.8. The molecule has 0 atom stereocenters. The molecular weight excluding hydrogens is 719 g/mol.